The molecule has 0 amide bonds. The third-order valence-electron chi connectivity index (χ3n) is 3.77. The van der Waals surface area contributed by atoms with Crippen molar-refractivity contribution in [3.8, 4) is 0 Å². The standard InChI is InChI=1S/C17H27N5S/c1-4-18-17(22(3)11-9-16-8-6-12-23-16)19-10-5-7-15-13-20-21-14(15)2/h6,8,12-13H,4-5,7,9-11H2,1-3H3,(H,18,19)(H,20,21). The average Bonchev–Trinajstić information content (AvgIpc) is 3.20. The number of H-pyrrole nitrogens is 1. The zero-order chi connectivity index (χ0) is 16.5. The molecule has 0 unspecified atom stereocenters. The molecule has 0 radical (unpaired) electrons. The van der Waals surface area contributed by atoms with Crippen molar-refractivity contribution in [1.29, 1.82) is 0 Å². The topological polar surface area (TPSA) is 56.3 Å². The number of likely N-dealkylation sites (N-methyl/N-ethyl adjacent to an activating group) is 1. The van der Waals surface area contributed by atoms with Crippen LogP contribution in [-0.4, -0.2) is 47.7 Å². The molecule has 5 nitrogen and oxygen atoms in total. The molecule has 0 fully saturated rings. The van der Waals surface area contributed by atoms with Crippen LogP contribution in [0.1, 0.15) is 29.5 Å². The lowest BCUT2D eigenvalue weighted by Gasteiger charge is -2.21. The highest BCUT2D eigenvalue weighted by Crippen LogP contribution is 2.09. The molecule has 2 aromatic heterocycles. The molecule has 0 saturated heterocycles. The first-order valence-corrected chi connectivity index (χ1v) is 9.09. The molecule has 2 heterocycles. The molecular weight excluding hydrogens is 306 g/mol. The molecule has 2 aromatic rings. The number of guanidine groups is 1. The summed E-state index contributed by atoms with van der Waals surface area (Å²) in [7, 11) is 2.11. The summed E-state index contributed by atoms with van der Waals surface area (Å²) in [4.78, 5) is 8.38. The number of aromatic amines is 1. The molecular formula is C17H27N5S. The van der Waals surface area contributed by atoms with Crippen LogP contribution in [0, 0.1) is 6.92 Å². The number of aliphatic imine (C=N–C) groups is 1. The Morgan fingerprint density at radius 1 is 1.43 bits per heavy atom. The van der Waals surface area contributed by atoms with Crippen molar-refractivity contribution >= 4 is 17.3 Å². The van der Waals surface area contributed by atoms with Gasteiger partial charge < -0.3 is 10.2 Å². The van der Waals surface area contributed by atoms with Gasteiger partial charge in [0.25, 0.3) is 0 Å². The van der Waals surface area contributed by atoms with Crippen molar-refractivity contribution in [1.82, 2.24) is 20.4 Å². The number of hydrogen-bond donors (Lipinski definition) is 2. The maximum atomic E-state index is 4.75. The molecule has 6 heteroatoms. The van der Waals surface area contributed by atoms with E-state index in [1.165, 1.54) is 10.4 Å². The van der Waals surface area contributed by atoms with E-state index in [1.807, 2.05) is 17.5 Å². The van der Waals surface area contributed by atoms with Gasteiger partial charge in [0.1, 0.15) is 0 Å². The second-order valence-electron chi connectivity index (χ2n) is 5.61. The van der Waals surface area contributed by atoms with Crippen molar-refractivity contribution in [3.63, 3.8) is 0 Å². The fraction of sp³-hybridized carbons (Fsp3) is 0.529. The molecule has 2 rings (SSSR count). The molecule has 126 valence electrons. The summed E-state index contributed by atoms with van der Waals surface area (Å²) >= 11 is 1.82. The third kappa shape index (κ3) is 5.71. The van der Waals surface area contributed by atoms with Crippen LogP contribution in [0.25, 0.3) is 0 Å². The van der Waals surface area contributed by atoms with Gasteiger partial charge in [-0.15, -0.1) is 11.3 Å². The van der Waals surface area contributed by atoms with Crippen LogP contribution in [-0.2, 0) is 12.8 Å². The van der Waals surface area contributed by atoms with Gasteiger partial charge in [0.15, 0.2) is 5.96 Å². The summed E-state index contributed by atoms with van der Waals surface area (Å²) in [6.07, 6.45) is 5.03. The molecule has 0 aromatic carbocycles. The Morgan fingerprint density at radius 3 is 2.96 bits per heavy atom. The Bertz CT molecular complexity index is 588. The van der Waals surface area contributed by atoms with Crippen molar-refractivity contribution in [2.75, 3.05) is 26.7 Å². The van der Waals surface area contributed by atoms with Gasteiger partial charge in [-0.2, -0.15) is 5.10 Å². The lowest BCUT2D eigenvalue weighted by Crippen LogP contribution is -2.40. The Kier molecular flexibility index (Phi) is 7.13. The van der Waals surface area contributed by atoms with E-state index >= 15 is 0 Å². The van der Waals surface area contributed by atoms with Crippen LogP contribution < -0.4 is 5.32 Å². The third-order valence-corrected chi connectivity index (χ3v) is 4.71. The average molecular weight is 334 g/mol. The minimum absolute atomic E-state index is 0.830. The quantitative estimate of drug-likeness (QED) is 0.444. The van der Waals surface area contributed by atoms with Crippen LogP contribution in [0.15, 0.2) is 28.7 Å². The zero-order valence-electron chi connectivity index (χ0n) is 14.3. The van der Waals surface area contributed by atoms with Crippen LogP contribution >= 0.6 is 11.3 Å². The van der Waals surface area contributed by atoms with Gasteiger partial charge in [0, 0.05) is 37.3 Å². The number of thiophene rings is 1. The summed E-state index contributed by atoms with van der Waals surface area (Å²) in [5.41, 5.74) is 2.45. The van der Waals surface area contributed by atoms with Gasteiger partial charge in [-0.3, -0.25) is 10.1 Å². The first-order chi connectivity index (χ1) is 11.2. The van der Waals surface area contributed by atoms with Gasteiger partial charge in [-0.05, 0) is 50.1 Å². The van der Waals surface area contributed by atoms with E-state index in [-0.39, 0.29) is 0 Å². The zero-order valence-corrected chi connectivity index (χ0v) is 15.1. The van der Waals surface area contributed by atoms with Crippen molar-refractivity contribution in [2.24, 2.45) is 4.99 Å². The molecule has 0 aliphatic heterocycles. The second-order valence-corrected chi connectivity index (χ2v) is 6.64. The largest absolute Gasteiger partial charge is 0.357 e. The SMILES string of the molecule is CCNC(=NCCCc1cn[nH]c1C)N(C)CCc1cccs1. The van der Waals surface area contributed by atoms with E-state index in [9.17, 15) is 0 Å². The first kappa shape index (κ1) is 17.5. The van der Waals surface area contributed by atoms with Crippen LogP contribution in [0.4, 0.5) is 0 Å². The van der Waals surface area contributed by atoms with Gasteiger partial charge in [-0.25, -0.2) is 0 Å². The van der Waals surface area contributed by atoms with E-state index in [1.54, 1.807) is 0 Å². The van der Waals surface area contributed by atoms with E-state index in [4.69, 9.17) is 4.99 Å². The predicted octanol–water partition coefficient (Wildman–Crippen LogP) is 2.85. The summed E-state index contributed by atoms with van der Waals surface area (Å²) in [5.74, 6) is 0.993. The molecule has 0 atom stereocenters. The van der Waals surface area contributed by atoms with E-state index < -0.39 is 0 Å². The van der Waals surface area contributed by atoms with Gasteiger partial charge >= 0.3 is 0 Å². The summed E-state index contributed by atoms with van der Waals surface area (Å²) in [5, 5.41) is 12.6. The minimum Gasteiger partial charge on any atom is -0.357 e. The van der Waals surface area contributed by atoms with Crippen molar-refractivity contribution in [2.45, 2.75) is 33.1 Å². The highest BCUT2D eigenvalue weighted by Gasteiger charge is 2.06. The number of hydrogen-bond acceptors (Lipinski definition) is 3. The molecule has 23 heavy (non-hydrogen) atoms. The smallest absolute Gasteiger partial charge is 0.193 e. The second kappa shape index (κ2) is 9.35. The van der Waals surface area contributed by atoms with Crippen LogP contribution in [0.3, 0.4) is 0 Å². The maximum Gasteiger partial charge on any atom is 0.193 e. The fourth-order valence-corrected chi connectivity index (χ4v) is 3.09. The lowest BCUT2D eigenvalue weighted by molar-refractivity contribution is 0.486. The fourth-order valence-electron chi connectivity index (χ4n) is 2.39. The van der Waals surface area contributed by atoms with Crippen LogP contribution in [0.5, 0.6) is 0 Å². The first-order valence-electron chi connectivity index (χ1n) is 8.21. The van der Waals surface area contributed by atoms with E-state index in [0.717, 1.165) is 50.6 Å². The summed E-state index contributed by atoms with van der Waals surface area (Å²) < 4.78 is 0. The number of aryl methyl sites for hydroxylation is 2. The number of nitrogens with zero attached hydrogens (tertiary/aromatic N) is 3. The Labute approximate surface area is 142 Å². The van der Waals surface area contributed by atoms with Gasteiger partial charge in [0.2, 0.25) is 0 Å². The predicted molar refractivity (Wildman–Crippen MR) is 98.3 cm³/mol. The Morgan fingerprint density at radius 2 is 2.30 bits per heavy atom. The normalized spacial score (nSPS) is 11.7. The molecule has 0 bridgehead atoms. The Balaban J connectivity index is 1.79. The monoisotopic (exact) mass is 333 g/mol. The molecule has 0 saturated carbocycles. The Hall–Kier alpha value is -1.82. The number of nitrogens with one attached hydrogen (secondary N) is 2. The van der Waals surface area contributed by atoms with Crippen LogP contribution in [0.2, 0.25) is 0 Å². The van der Waals surface area contributed by atoms with Gasteiger partial charge in [-0.1, -0.05) is 6.07 Å². The van der Waals surface area contributed by atoms with Gasteiger partial charge in [0.05, 0.1) is 6.20 Å². The van der Waals surface area contributed by atoms with Crippen molar-refractivity contribution in [3.05, 3.63) is 39.8 Å². The number of rotatable bonds is 8. The molecule has 0 aliphatic carbocycles. The highest BCUT2D eigenvalue weighted by atomic mass is 32.1. The number of aromatic nitrogens is 2. The minimum atomic E-state index is 0.830. The van der Waals surface area contributed by atoms with Crippen molar-refractivity contribution < 1.29 is 0 Å². The molecule has 0 spiro atoms. The highest BCUT2D eigenvalue weighted by molar-refractivity contribution is 7.09. The van der Waals surface area contributed by atoms with E-state index in [0.29, 0.717) is 0 Å². The molecule has 2 N–H and O–H groups in total. The lowest BCUT2D eigenvalue weighted by atomic mass is 10.1. The summed E-state index contributed by atoms with van der Waals surface area (Å²) in [6.45, 7) is 6.87. The van der Waals surface area contributed by atoms with E-state index in [2.05, 4.69) is 58.8 Å². The maximum absolute atomic E-state index is 4.75. The molecule has 0 aliphatic rings. The summed E-state index contributed by atoms with van der Waals surface area (Å²) in [6, 6.07) is 4.30.